The molecule has 14 rings (SSSR count). The fraction of sp³-hybridized carbons (Fsp3) is 0.0294. The second kappa shape index (κ2) is 17.1. The molecule has 2 nitrogen and oxygen atoms in total. The molecule has 0 bridgehead atoms. The second-order valence-corrected chi connectivity index (χ2v) is 21.1. The number of benzene rings is 12. The lowest BCUT2D eigenvalue weighted by Gasteiger charge is -2.30. The topological polar surface area (TPSA) is 6.48 Å². The number of hydrogen-bond acceptors (Lipinski definition) is 4. The van der Waals surface area contributed by atoms with Gasteiger partial charge in [-0.15, -0.1) is 22.7 Å². The van der Waals surface area contributed by atoms with E-state index in [0.717, 1.165) is 34.1 Å². The number of hydrogen-bond donors (Lipinski definition) is 0. The third-order valence-corrected chi connectivity index (χ3v) is 17.0. The Bertz CT molecular complexity index is 4110. The summed E-state index contributed by atoms with van der Waals surface area (Å²) in [4.78, 5) is 4.91. The highest BCUT2D eigenvalue weighted by Gasteiger charge is 2.23. The van der Waals surface area contributed by atoms with Crippen LogP contribution in [0.4, 0.5) is 34.1 Å². The Hall–Kier alpha value is -8.54. The van der Waals surface area contributed by atoms with Crippen molar-refractivity contribution in [1.29, 1.82) is 0 Å². The summed E-state index contributed by atoms with van der Waals surface area (Å²) in [5.74, 6) is 0. The van der Waals surface area contributed by atoms with Crippen LogP contribution >= 0.6 is 22.7 Å². The Morgan fingerprint density at radius 1 is 0.264 bits per heavy atom. The second-order valence-electron chi connectivity index (χ2n) is 19.0. The van der Waals surface area contributed by atoms with Crippen molar-refractivity contribution < 1.29 is 0 Å². The van der Waals surface area contributed by atoms with E-state index >= 15 is 0 Å². The lowest BCUT2D eigenvalue weighted by atomic mass is 9.92. The van der Waals surface area contributed by atoms with Gasteiger partial charge in [-0.25, -0.2) is 0 Å². The van der Waals surface area contributed by atoms with Crippen molar-refractivity contribution in [2.24, 2.45) is 0 Å². The molecule has 0 fully saturated rings. The third-order valence-electron chi connectivity index (χ3n) is 14.5. The number of rotatable bonds is 8. The molecular weight excluding hydrogens is 909 g/mol. The highest BCUT2D eigenvalue weighted by atomic mass is 32.1. The molecule has 0 atom stereocenters. The summed E-state index contributed by atoms with van der Waals surface area (Å²) >= 11 is 3.76. The van der Waals surface area contributed by atoms with E-state index in [1.807, 2.05) is 22.7 Å². The van der Waals surface area contributed by atoms with Crippen molar-refractivity contribution in [2.75, 3.05) is 9.80 Å². The first kappa shape index (κ1) is 42.3. The van der Waals surface area contributed by atoms with Crippen molar-refractivity contribution in [1.82, 2.24) is 0 Å². The summed E-state index contributed by atoms with van der Waals surface area (Å²) in [6.45, 7) is 4.42. The predicted molar refractivity (Wildman–Crippen MR) is 314 cm³/mol. The van der Waals surface area contributed by atoms with Crippen LogP contribution in [0.25, 0.3) is 94.9 Å². The molecule has 4 heteroatoms. The smallest absolute Gasteiger partial charge is 0.0546 e. The summed E-state index contributed by atoms with van der Waals surface area (Å²) in [6, 6.07) is 90.0. The lowest BCUT2D eigenvalue weighted by molar-refractivity contribution is 1.30. The van der Waals surface area contributed by atoms with Crippen LogP contribution in [0.15, 0.2) is 243 Å². The molecule has 14 aromatic rings. The molecule has 0 aliphatic heterocycles. The largest absolute Gasteiger partial charge is 0.310 e. The van der Waals surface area contributed by atoms with Crippen LogP contribution in [0.2, 0.25) is 0 Å². The molecule has 2 heterocycles. The minimum absolute atomic E-state index is 1.11. The molecule has 0 amide bonds. The van der Waals surface area contributed by atoms with E-state index in [0.29, 0.717) is 0 Å². The Kier molecular flexibility index (Phi) is 10.1. The van der Waals surface area contributed by atoms with Gasteiger partial charge in [0.25, 0.3) is 0 Å². The van der Waals surface area contributed by atoms with Crippen LogP contribution in [0.5, 0.6) is 0 Å². The molecule has 2 aromatic heterocycles. The van der Waals surface area contributed by atoms with Gasteiger partial charge in [0.05, 0.1) is 11.4 Å². The molecule has 340 valence electrons. The van der Waals surface area contributed by atoms with E-state index in [9.17, 15) is 0 Å². The van der Waals surface area contributed by atoms with Crippen molar-refractivity contribution >= 4 is 129 Å². The van der Waals surface area contributed by atoms with Crippen LogP contribution in [0.3, 0.4) is 0 Å². The monoisotopic (exact) mass is 954 g/mol. The van der Waals surface area contributed by atoms with E-state index < -0.39 is 0 Å². The van der Waals surface area contributed by atoms with Crippen molar-refractivity contribution in [3.05, 3.63) is 254 Å². The van der Waals surface area contributed by atoms with Crippen LogP contribution in [0.1, 0.15) is 11.1 Å². The minimum atomic E-state index is 1.11. The highest BCUT2D eigenvalue weighted by Crippen LogP contribution is 2.49. The predicted octanol–water partition coefficient (Wildman–Crippen LogP) is 20.8. The SMILES string of the molecule is Cc1ccc2c(c1)c(N(c1ccccc1)c1ccc(-c3cccc4c3sc3ccccc34)cc1)cc1c3ccc(C)cc3c(N(c3ccccc3)c3ccc(-c4cccc5c4sc4ccccc45)cc3)cc21. The zero-order valence-corrected chi connectivity index (χ0v) is 41.4. The molecule has 72 heavy (non-hydrogen) atoms. The molecular formula is C68H46N2S2. The normalized spacial score (nSPS) is 11.8. The van der Waals surface area contributed by atoms with E-state index in [1.54, 1.807) is 0 Å². The molecule has 0 radical (unpaired) electrons. The maximum Gasteiger partial charge on any atom is 0.0546 e. The molecule has 12 aromatic carbocycles. The van der Waals surface area contributed by atoms with Gasteiger partial charge in [-0.1, -0.05) is 169 Å². The van der Waals surface area contributed by atoms with Gasteiger partial charge in [-0.05, 0) is 143 Å². The molecule has 0 saturated heterocycles. The average Bonchev–Trinajstić information content (AvgIpc) is 4.01. The van der Waals surface area contributed by atoms with Gasteiger partial charge in [0.2, 0.25) is 0 Å². The third kappa shape index (κ3) is 6.98. The highest BCUT2D eigenvalue weighted by molar-refractivity contribution is 7.26. The zero-order chi connectivity index (χ0) is 47.9. The Balaban J connectivity index is 0.951. The summed E-state index contributed by atoms with van der Waals surface area (Å²) in [5.41, 5.74) is 14.1. The number of nitrogens with zero attached hydrogens (tertiary/aromatic N) is 2. The lowest BCUT2D eigenvalue weighted by Crippen LogP contribution is -2.12. The van der Waals surface area contributed by atoms with Crippen molar-refractivity contribution in [3.8, 4) is 22.3 Å². The molecule has 0 unspecified atom stereocenters. The van der Waals surface area contributed by atoms with E-state index in [1.165, 1.54) is 106 Å². The Labute approximate surface area is 426 Å². The molecule has 0 N–H and O–H groups in total. The van der Waals surface area contributed by atoms with Gasteiger partial charge in [0.1, 0.15) is 0 Å². The first-order valence-electron chi connectivity index (χ1n) is 24.6. The maximum absolute atomic E-state index is 2.45. The molecule has 0 aliphatic rings. The van der Waals surface area contributed by atoms with Gasteiger partial charge in [0, 0.05) is 73.9 Å². The van der Waals surface area contributed by atoms with Gasteiger partial charge in [0.15, 0.2) is 0 Å². The first-order valence-corrected chi connectivity index (χ1v) is 26.3. The minimum Gasteiger partial charge on any atom is -0.310 e. The Morgan fingerprint density at radius 2 is 0.639 bits per heavy atom. The number of para-hydroxylation sites is 2. The van der Waals surface area contributed by atoms with Crippen molar-refractivity contribution in [3.63, 3.8) is 0 Å². The molecule has 0 saturated carbocycles. The summed E-state index contributed by atoms with van der Waals surface area (Å²) in [7, 11) is 0. The molecule has 0 aliphatic carbocycles. The summed E-state index contributed by atoms with van der Waals surface area (Å²) in [5, 5.41) is 12.5. The Morgan fingerprint density at radius 3 is 1.07 bits per heavy atom. The van der Waals surface area contributed by atoms with Gasteiger partial charge < -0.3 is 9.80 Å². The van der Waals surface area contributed by atoms with Gasteiger partial charge in [-0.2, -0.15) is 0 Å². The van der Waals surface area contributed by atoms with Gasteiger partial charge in [-0.3, -0.25) is 0 Å². The standard InChI is InChI=1S/C68H46N2S2/c1-43-27-37-53-59-42-64(70(48-17-7-4-8-18-48)50-35-31-46(32-36-50)52-22-14-24-58-56-20-10-12-26-66(56)72-68(52)58)62-40-44(2)28-38-54(62)60(59)41-63(61(53)39-43)69(47-15-5-3-6-16-47)49-33-29-45(30-34-49)51-21-13-23-57-55-19-9-11-25-65(55)71-67(51)57/h3-42H,1-2H3. The van der Waals surface area contributed by atoms with Crippen LogP contribution in [-0.2, 0) is 0 Å². The van der Waals surface area contributed by atoms with Crippen LogP contribution < -0.4 is 9.80 Å². The number of thiophene rings is 2. The van der Waals surface area contributed by atoms with Crippen LogP contribution in [0, 0.1) is 13.8 Å². The van der Waals surface area contributed by atoms with Crippen molar-refractivity contribution in [2.45, 2.75) is 13.8 Å². The fourth-order valence-corrected chi connectivity index (χ4v) is 13.6. The van der Waals surface area contributed by atoms with Crippen LogP contribution in [-0.4, -0.2) is 0 Å². The summed E-state index contributed by atoms with van der Waals surface area (Å²) < 4.78 is 5.29. The number of fused-ring (bicyclic) bond motifs is 11. The zero-order valence-electron chi connectivity index (χ0n) is 39.8. The number of anilines is 6. The average molecular weight is 955 g/mol. The van der Waals surface area contributed by atoms with E-state index in [2.05, 4.69) is 266 Å². The first-order chi connectivity index (χ1) is 35.5. The fourth-order valence-electron chi connectivity index (χ4n) is 11.1. The summed E-state index contributed by atoms with van der Waals surface area (Å²) in [6.07, 6.45) is 0. The number of aryl methyl sites for hydroxylation is 2. The maximum atomic E-state index is 2.45. The van der Waals surface area contributed by atoms with E-state index in [4.69, 9.17) is 0 Å². The van der Waals surface area contributed by atoms with Gasteiger partial charge >= 0.3 is 0 Å². The quantitative estimate of drug-likeness (QED) is 0.140. The van der Waals surface area contributed by atoms with E-state index in [-0.39, 0.29) is 0 Å². The molecule has 0 spiro atoms.